The van der Waals surface area contributed by atoms with Gasteiger partial charge in [0.25, 0.3) is 0 Å². The molecule has 0 aromatic carbocycles. The van der Waals surface area contributed by atoms with Gasteiger partial charge in [-0.15, -0.1) is 0 Å². The predicted octanol–water partition coefficient (Wildman–Crippen LogP) is 2.08. The molecule has 0 N–H and O–H groups in total. The Morgan fingerprint density at radius 3 is 2.70 bits per heavy atom. The van der Waals surface area contributed by atoms with Crippen LogP contribution < -0.4 is 0 Å². The van der Waals surface area contributed by atoms with E-state index in [1.807, 2.05) is 20.8 Å². The van der Waals surface area contributed by atoms with Crippen LogP contribution in [0.5, 0.6) is 0 Å². The van der Waals surface area contributed by atoms with Crippen LogP contribution in [0.25, 0.3) is 0 Å². The standard InChI is InChI=1S/C16H25N5O2/c1-11-15(12(2)22-18-11)9-20(4)14-6-5-7-21(8-14)10-16-17-13(3)23-19-16/h14H,5-10H2,1-4H3/t14-/m1/s1. The summed E-state index contributed by atoms with van der Waals surface area (Å²) in [5.74, 6) is 2.32. The van der Waals surface area contributed by atoms with E-state index in [2.05, 4.69) is 32.1 Å². The average molecular weight is 319 g/mol. The summed E-state index contributed by atoms with van der Waals surface area (Å²) in [7, 11) is 2.18. The Balaban J connectivity index is 1.59. The quantitative estimate of drug-likeness (QED) is 0.835. The highest BCUT2D eigenvalue weighted by atomic mass is 16.5. The number of nitrogens with zero attached hydrogens (tertiary/aromatic N) is 5. The van der Waals surface area contributed by atoms with Crippen molar-refractivity contribution in [1.29, 1.82) is 0 Å². The number of likely N-dealkylation sites (tertiary alicyclic amines) is 1. The molecular weight excluding hydrogens is 294 g/mol. The van der Waals surface area contributed by atoms with Crippen molar-refractivity contribution < 1.29 is 9.05 Å². The zero-order chi connectivity index (χ0) is 16.4. The highest BCUT2D eigenvalue weighted by Crippen LogP contribution is 2.20. The molecule has 3 heterocycles. The third-order valence-electron chi connectivity index (χ3n) is 4.63. The molecule has 23 heavy (non-hydrogen) atoms. The summed E-state index contributed by atoms with van der Waals surface area (Å²) in [4.78, 5) is 9.11. The van der Waals surface area contributed by atoms with Gasteiger partial charge in [0.1, 0.15) is 5.76 Å². The Labute approximate surface area is 136 Å². The molecule has 0 bridgehead atoms. The number of piperidine rings is 1. The van der Waals surface area contributed by atoms with E-state index in [0.29, 0.717) is 11.9 Å². The normalized spacial score (nSPS) is 19.6. The first-order valence-electron chi connectivity index (χ1n) is 8.16. The van der Waals surface area contributed by atoms with Gasteiger partial charge in [-0.25, -0.2) is 0 Å². The van der Waals surface area contributed by atoms with Crippen molar-refractivity contribution in [2.75, 3.05) is 20.1 Å². The van der Waals surface area contributed by atoms with Crippen molar-refractivity contribution in [2.45, 2.75) is 52.7 Å². The fraction of sp³-hybridized carbons (Fsp3) is 0.688. The van der Waals surface area contributed by atoms with E-state index in [-0.39, 0.29) is 0 Å². The number of aryl methyl sites for hydroxylation is 3. The van der Waals surface area contributed by atoms with E-state index in [1.54, 1.807) is 0 Å². The lowest BCUT2D eigenvalue weighted by molar-refractivity contribution is 0.104. The first-order chi connectivity index (χ1) is 11.0. The molecule has 1 aliphatic heterocycles. The van der Waals surface area contributed by atoms with Crippen molar-refractivity contribution in [3.63, 3.8) is 0 Å². The first kappa shape index (κ1) is 16.1. The van der Waals surface area contributed by atoms with Gasteiger partial charge in [0.2, 0.25) is 5.89 Å². The molecule has 1 atom stereocenters. The molecule has 2 aromatic heterocycles. The van der Waals surface area contributed by atoms with Crippen LogP contribution in [0.2, 0.25) is 0 Å². The summed E-state index contributed by atoms with van der Waals surface area (Å²) in [5.41, 5.74) is 2.20. The van der Waals surface area contributed by atoms with E-state index in [4.69, 9.17) is 9.05 Å². The van der Waals surface area contributed by atoms with Gasteiger partial charge in [0.05, 0.1) is 12.2 Å². The Morgan fingerprint density at radius 2 is 2.04 bits per heavy atom. The van der Waals surface area contributed by atoms with E-state index >= 15 is 0 Å². The van der Waals surface area contributed by atoms with Crippen molar-refractivity contribution in [1.82, 2.24) is 25.1 Å². The highest BCUT2D eigenvalue weighted by molar-refractivity contribution is 5.20. The van der Waals surface area contributed by atoms with Crippen LogP contribution in [0, 0.1) is 20.8 Å². The molecular formula is C16H25N5O2. The van der Waals surface area contributed by atoms with Crippen LogP contribution in [-0.4, -0.2) is 51.3 Å². The minimum Gasteiger partial charge on any atom is -0.361 e. The molecule has 0 aliphatic carbocycles. The summed E-state index contributed by atoms with van der Waals surface area (Å²) in [6.07, 6.45) is 2.40. The van der Waals surface area contributed by atoms with Gasteiger partial charge in [-0.3, -0.25) is 9.80 Å². The minimum atomic E-state index is 0.519. The van der Waals surface area contributed by atoms with Crippen molar-refractivity contribution >= 4 is 0 Å². The summed E-state index contributed by atoms with van der Waals surface area (Å²) in [6, 6.07) is 0.519. The lowest BCUT2D eigenvalue weighted by Gasteiger charge is -2.37. The lowest BCUT2D eigenvalue weighted by Crippen LogP contribution is -2.46. The molecule has 1 fully saturated rings. The van der Waals surface area contributed by atoms with Gasteiger partial charge >= 0.3 is 0 Å². The smallest absolute Gasteiger partial charge is 0.223 e. The summed E-state index contributed by atoms with van der Waals surface area (Å²) >= 11 is 0. The largest absolute Gasteiger partial charge is 0.361 e. The van der Waals surface area contributed by atoms with Crippen LogP contribution in [0.1, 0.15) is 41.6 Å². The number of hydrogen-bond donors (Lipinski definition) is 0. The minimum absolute atomic E-state index is 0.519. The van der Waals surface area contributed by atoms with Gasteiger partial charge < -0.3 is 9.05 Å². The van der Waals surface area contributed by atoms with Gasteiger partial charge in [-0.2, -0.15) is 4.98 Å². The Kier molecular flexibility index (Phi) is 4.77. The fourth-order valence-electron chi connectivity index (χ4n) is 3.25. The van der Waals surface area contributed by atoms with E-state index < -0.39 is 0 Å². The van der Waals surface area contributed by atoms with Crippen LogP contribution in [0.3, 0.4) is 0 Å². The molecule has 1 saturated heterocycles. The molecule has 0 spiro atoms. The van der Waals surface area contributed by atoms with Gasteiger partial charge in [0, 0.05) is 31.6 Å². The van der Waals surface area contributed by atoms with Crippen LogP contribution in [0.4, 0.5) is 0 Å². The van der Waals surface area contributed by atoms with Crippen LogP contribution in [0.15, 0.2) is 9.05 Å². The molecule has 7 heteroatoms. The van der Waals surface area contributed by atoms with Crippen molar-refractivity contribution in [3.8, 4) is 0 Å². The van der Waals surface area contributed by atoms with E-state index in [1.165, 1.54) is 18.4 Å². The Morgan fingerprint density at radius 1 is 1.22 bits per heavy atom. The van der Waals surface area contributed by atoms with Gasteiger partial charge in [0.15, 0.2) is 5.82 Å². The molecule has 126 valence electrons. The summed E-state index contributed by atoms with van der Waals surface area (Å²) in [6.45, 7) is 9.55. The van der Waals surface area contributed by atoms with E-state index in [0.717, 1.165) is 43.5 Å². The van der Waals surface area contributed by atoms with E-state index in [9.17, 15) is 0 Å². The number of likely N-dealkylation sites (N-methyl/N-ethyl adjacent to an activating group) is 1. The zero-order valence-electron chi connectivity index (χ0n) is 14.4. The third-order valence-corrected chi connectivity index (χ3v) is 4.63. The lowest BCUT2D eigenvalue weighted by atomic mass is 10.0. The number of aromatic nitrogens is 3. The predicted molar refractivity (Wildman–Crippen MR) is 84.8 cm³/mol. The van der Waals surface area contributed by atoms with Crippen molar-refractivity contribution in [2.24, 2.45) is 0 Å². The van der Waals surface area contributed by atoms with Gasteiger partial charge in [-0.05, 0) is 40.3 Å². The zero-order valence-corrected chi connectivity index (χ0v) is 14.4. The molecule has 0 amide bonds. The van der Waals surface area contributed by atoms with Crippen LogP contribution in [-0.2, 0) is 13.1 Å². The monoisotopic (exact) mass is 319 g/mol. The SMILES string of the molecule is Cc1nc(CN2CCC[C@@H](N(C)Cc3c(C)noc3C)C2)no1. The maximum absolute atomic E-state index is 5.27. The average Bonchev–Trinajstić information content (AvgIpc) is 3.07. The summed E-state index contributed by atoms with van der Waals surface area (Å²) < 4.78 is 10.3. The Hall–Kier alpha value is -1.73. The third kappa shape index (κ3) is 3.79. The molecule has 3 rings (SSSR count). The number of hydrogen-bond acceptors (Lipinski definition) is 7. The second kappa shape index (κ2) is 6.80. The van der Waals surface area contributed by atoms with Crippen LogP contribution >= 0.6 is 0 Å². The summed E-state index contributed by atoms with van der Waals surface area (Å²) in [5, 5.41) is 8.05. The molecule has 0 saturated carbocycles. The van der Waals surface area contributed by atoms with Gasteiger partial charge in [-0.1, -0.05) is 10.3 Å². The maximum Gasteiger partial charge on any atom is 0.223 e. The number of rotatable bonds is 5. The van der Waals surface area contributed by atoms with Crippen molar-refractivity contribution in [3.05, 3.63) is 28.7 Å². The Bertz CT molecular complexity index is 631. The molecule has 0 unspecified atom stereocenters. The molecule has 7 nitrogen and oxygen atoms in total. The fourth-order valence-corrected chi connectivity index (χ4v) is 3.25. The molecule has 0 radical (unpaired) electrons. The molecule has 1 aliphatic rings. The topological polar surface area (TPSA) is 71.4 Å². The highest BCUT2D eigenvalue weighted by Gasteiger charge is 2.25. The maximum atomic E-state index is 5.27. The molecule has 2 aromatic rings. The second-order valence-electron chi connectivity index (χ2n) is 6.48. The first-order valence-corrected chi connectivity index (χ1v) is 8.16. The second-order valence-corrected chi connectivity index (χ2v) is 6.48.